The Morgan fingerprint density at radius 3 is 2.74 bits per heavy atom. The summed E-state index contributed by atoms with van der Waals surface area (Å²) in [6, 6.07) is 8.18. The second-order valence-corrected chi connectivity index (χ2v) is 4.98. The lowest BCUT2D eigenvalue weighted by molar-refractivity contribution is 0.343. The van der Waals surface area contributed by atoms with Crippen molar-refractivity contribution in [2.45, 2.75) is 19.5 Å². The Balaban J connectivity index is 2.36. The number of nitrogens with two attached hydrogens (primary N) is 2. The quantitative estimate of drug-likeness (QED) is 0.736. The lowest BCUT2D eigenvalue weighted by Gasteiger charge is -2.12. The molecular formula is C17H19FN4O. The third-order valence-corrected chi connectivity index (χ3v) is 3.47. The summed E-state index contributed by atoms with van der Waals surface area (Å²) in [4.78, 5) is 0. The van der Waals surface area contributed by atoms with Crippen LogP contribution >= 0.6 is 0 Å². The van der Waals surface area contributed by atoms with Gasteiger partial charge in [-0.25, -0.2) is 4.39 Å². The first-order valence-electron chi connectivity index (χ1n) is 7.15. The summed E-state index contributed by atoms with van der Waals surface area (Å²) in [6.07, 6.45) is 3.56. The summed E-state index contributed by atoms with van der Waals surface area (Å²) < 4.78 is 14.6. The fourth-order valence-electron chi connectivity index (χ4n) is 2.21. The van der Waals surface area contributed by atoms with Gasteiger partial charge in [-0.15, -0.1) is 10.2 Å². The molecule has 2 rings (SSSR count). The highest BCUT2D eigenvalue weighted by Gasteiger charge is 2.18. The summed E-state index contributed by atoms with van der Waals surface area (Å²) >= 11 is 0. The van der Waals surface area contributed by atoms with E-state index in [-0.39, 0.29) is 23.6 Å². The highest BCUT2D eigenvalue weighted by molar-refractivity contribution is 5.67. The van der Waals surface area contributed by atoms with Crippen LogP contribution in [0.15, 0.2) is 54.3 Å². The minimum absolute atomic E-state index is 0.0313. The molecule has 0 aliphatic heterocycles. The van der Waals surface area contributed by atoms with Gasteiger partial charge in [-0.05, 0) is 43.0 Å². The molecule has 0 bridgehead atoms. The van der Waals surface area contributed by atoms with E-state index in [2.05, 4.69) is 10.2 Å². The van der Waals surface area contributed by atoms with Gasteiger partial charge in [-0.2, -0.15) is 0 Å². The Labute approximate surface area is 134 Å². The summed E-state index contributed by atoms with van der Waals surface area (Å²) in [5.41, 5.74) is 12.9. The van der Waals surface area contributed by atoms with Gasteiger partial charge in [0.2, 0.25) is 0 Å². The Hall–Kier alpha value is -2.89. The monoisotopic (exact) mass is 314 g/mol. The van der Waals surface area contributed by atoms with Crippen LogP contribution in [0.2, 0.25) is 0 Å². The van der Waals surface area contributed by atoms with Crippen LogP contribution < -0.4 is 11.5 Å². The summed E-state index contributed by atoms with van der Waals surface area (Å²) in [6.45, 7) is 1.81. The molecule has 0 amide bonds. The van der Waals surface area contributed by atoms with E-state index in [4.69, 9.17) is 11.5 Å². The van der Waals surface area contributed by atoms with E-state index in [1.165, 1.54) is 18.3 Å². The molecule has 1 aromatic carbocycles. The molecule has 1 unspecified atom stereocenters. The summed E-state index contributed by atoms with van der Waals surface area (Å²) in [5.74, 6) is 0.0805. The number of aromatic hydroxyl groups is 1. The number of allylic oxidation sites excluding steroid dienone is 3. The number of nitrogens with zero attached hydrogens (tertiary/aromatic N) is 2. The number of alkyl halides is 1. The third-order valence-electron chi connectivity index (χ3n) is 3.47. The number of benzene rings is 1. The van der Waals surface area contributed by atoms with Gasteiger partial charge >= 0.3 is 0 Å². The first-order chi connectivity index (χ1) is 11.1. The SMILES string of the molecule is C/C=C(\C=C/N)CC(F)c1cc(-c2ccccc2O)nnc1N. The van der Waals surface area contributed by atoms with Crippen molar-refractivity contribution in [3.63, 3.8) is 0 Å². The predicted octanol–water partition coefficient (Wildman–Crippen LogP) is 3.25. The molecule has 0 saturated heterocycles. The van der Waals surface area contributed by atoms with Gasteiger partial charge in [0.1, 0.15) is 11.9 Å². The second-order valence-electron chi connectivity index (χ2n) is 4.98. The van der Waals surface area contributed by atoms with Crippen molar-refractivity contribution in [1.29, 1.82) is 0 Å². The number of phenols is 1. The summed E-state index contributed by atoms with van der Waals surface area (Å²) in [5, 5.41) is 17.6. The first kappa shape index (κ1) is 16.5. The maximum Gasteiger partial charge on any atom is 0.152 e. The molecule has 0 aliphatic carbocycles. The Kier molecular flexibility index (Phi) is 5.30. The third kappa shape index (κ3) is 3.85. The average Bonchev–Trinajstić information content (AvgIpc) is 2.55. The molecule has 6 heteroatoms. The number of hydrogen-bond acceptors (Lipinski definition) is 5. The lowest BCUT2D eigenvalue weighted by Crippen LogP contribution is -2.04. The highest BCUT2D eigenvalue weighted by Crippen LogP contribution is 2.33. The van der Waals surface area contributed by atoms with E-state index in [1.807, 2.05) is 6.92 Å². The lowest BCUT2D eigenvalue weighted by atomic mass is 10.0. The van der Waals surface area contributed by atoms with E-state index in [9.17, 15) is 9.50 Å². The highest BCUT2D eigenvalue weighted by atomic mass is 19.1. The van der Waals surface area contributed by atoms with E-state index in [1.54, 1.807) is 30.4 Å². The van der Waals surface area contributed by atoms with Crippen LogP contribution in [0.25, 0.3) is 11.3 Å². The van der Waals surface area contributed by atoms with Gasteiger partial charge in [-0.1, -0.05) is 18.2 Å². The smallest absolute Gasteiger partial charge is 0.152 e. The number of aromatic nitrogens is 2. The predicted molar refractivity (Wildman–Crippen MR) is 89.1 cm³/mol. The van der Waals surface area contributed by atoms with Gasteiger partial charge in [0, 0.05) is 17.5 Å². The minimum atomic E-state index is -1.35. The van der Waals surface area contributed by atoms with E-state index in [0.717, 1.165) is 5.57 Å². The molecule has 0 radical (unpaired) electrons. The van der Waals surface area contributed by atoms with Gasteiger partial charge in [0.05, 0.1) is 5.69 Å². The van der Waals surface area contributed by atoms with Crippen molar-refractivity contribution in [2.24, 2.45) is 5.73 Å². The van der Waals surface area contributed by atoms with E-state index < -0.39 is 6.17 Å². The number of para-hydroxylation sites is 1. The van der Waals surface area contributed by atoms with Crippen LogP contribution in [0.3, 0.4) is 0 Å². The van der Waals surface area contributed by atoms with Gasteiger partial charge in [-0.3, -0.25) is 0 Å². The Bertz CT molecular complexity index is 743. The van der Waals surface area contributed by atoms with Gasteiger partial charge in [0.25, 0.3) is 0 Å². The molecule has 1 aromatic heterocycles. The number of phenolic OH excluding ortho intramolecular Hbond substituents is 1. The van der Waals surface area contributed by atoms with Crippen molar-refractivity contribution >= 4 is 5.82 Å². The van der Waals surface area contributed by atoms with E-state index in [0.29, 0.717) is 11.3 Å². The topological polar surface area (TPSA) is 98.0 Å². The fourth-order valence-corrected chi connectivity index (χ4v) is 2.21. The molecule has 5 N–H and O–H groups in total. The normalized spacial score (nSPS) is 13.4. The number of hydrogen-bond donors (Lipinski definition) is 3. The molecule has 23 heavy (non-hydrogen) atoms. The largest absolute Gasteiger partial charge is 0.507 e. The van der Waals surface area contributed by atoms with Crippen molar-refractivity contribution < 1.29 is 9.50 Å². The Morgan fingerprint density at radius 1 is 1.35 bits per heavy atom. The molecule has 0 fully saturated rings. The molecule has 0 saturated carbocycles. The van der Waals surface area contributed by atoms with Crippen LogP contribution in [-0.4, -0.2) is 15.3 Å². The number of nitrogen functional groups attached to an aromatic ring is 1. The van der Waals surface area contributed by atoms with Crippen molar-refractivity contribution in [3.8, 4) is 17.0 Å². The molecule has 0 spiro atoms. The van der Waals surface area contributed by atoms with Crippen molar-refractivity contribution in [2.75, 3.05) is 5.73 Å². The zero-order chi connectivity index (χ0) is 16.8. The van der Waals surface area contributed by atoms with Crippen LogP contribution in [0.5, 0.6) is 5.75 Å². The number of rotatable bonds is 5. The standard InChI is InChI=1S/C17H19FN4O/c1-2-11(7-8-19)9-14(18)13-10-15(21-22-17(13)20)12-5-3-4-6-16(12)23/h2-8,10,14,23H,9,19H2,1H3,(H2,20,22)/b8-7-,11-2+. The number of halogens is 1. The molecule has 120 valence electrons. The molecule has 1 atom stereocenters. The number of anilines is 1. The zero-order valence-electron chi connectivity index (χ0n) is 12.8. The Morgan fingerprint density at radius 2 is 2.09 bits per heavy atom. The zero-order valence-corrected chi connectivity index (χ0v) is 12.8. The van der Waals surface area contributed by atoms with E-state index >= 15 is 0 Å². The first-order valence-corrected chi connectivity index (χ1v) is 7.15. The van der Waals surface area contributed by atoms with Crippen LogP contribution in [-0.2, 0) is 0 Å². The minimum Gasteiger partial charge on any atom is -0.507 e. The average molecular weight is 314 g/mol. The molecule has 2 aromatic rings. The molecule has 1 heterocycles. The van der Waals surface area contributed by atoms with Crippen LogP contribution in [0, 0.1) is 0 Å². The van der Waals surface area contributed by atoms with Crippen LogP contribution in [0.4, 0.5) is 10.2 Å². The molecular weight excluding hydrogens is 295 g/mol. The van der Waals surface area contributed by atoms with Crippen molar-refractivity contribution in [3.05, 3.63) is 59.8 Å². The maximum atomic E-state index is 14.6. The molecule has 0 aliphatic rings. The van der Waals surface area contributed by atoms with Crippen LogP contribution in [0.1, 0.15) is 25.1 Å². The van der Waals surface area contributed by atoms with Crippen molar-refractivity contribution in [1.82, 2.24) is 10.2 Å². The second kappa shape index (κ2) is 7.40. The molecule has 5 nitrogen and oxygen atoms in total. The van der Waals surface area contributed by atoms with Gasteiger partial charge in [0.15, 0.2) is 5.82 Å². The maximum absolute atomic E-state index is 14.6. The fraction of sp³-hybridized carbons (Fsp3) is 0.176. The van der Waals surface area contributed by atoms with Gasteiger partial charge < -0.3 is 16.6 Å². The summed E-state index contributed by atoms with van der Waals surface area (Å²) in [7, 11) is 0.